The van der Waals surface area contributed by atoms with Crippen LogP contribution in [0.3, 0.4) is 0 Å². The molecule has 6 nitrogen and oxygen atoms in total. The summed E-state index contributed by atoms with van der Waals surface area (Å²) in [6.45, 7) is 0. The van der Waals surface area contributed by atoms with E-state index in [1.807, 2.05) is 6.07 Å². The first-order chi connectivity index (χ1) is 7.84. The summed E-state index contributed by atoms with van der Waals surface area (Å²) >= 11 is 0. The van der Waals surface area contributed by atoms with E-state index < -0.39 is 0 Å². The van der Waals surface area contributed by atoms with Gasteiger partial charge in [0.25, 0.3) is 5.56 Å². The molecule has 0 amide bonds. The highest BCUT2D eigenvalue weighted by Gasteiger charge is 2.06. The molecule has 0 fully saturated rings. The maximum absolute atomic E-state index is 11.7. The Morgan fingerprint density at radius 1 is 1.12 bits per heavy atom. The molecule has 2 heterocycles. The van der Waals surface area contributed by atoms with Crippen molar-refractivity contribution < 1.29 is 0 Å². The van der Waals surface area contributed by atoms with E-state index in [1.54, 1.807) is 18.2 Å². The zero-order valence-corrected chi connectivity index (χ0v) is 8.14. The Bertz CT molecular complexity index is 686. The number of aromatic nitrogens is 5. The van der Waals surface area contributed by atoms with Gasteiger partial charge < -0.3 is 4.98 Å². The van der Waals surface area contributed by atoms with E-state index in [0.717, 1.165) is 0 Å². The summed E-state index contributed by atoms with van der Waals surface area (Å²) in [4.78, 5) is 22.6. The van der Waals surface area contributed by atoms with Crippen molar-refractivity contribution in [3.8, 4) is 11.6 Å². The van der Waals surface area contributed by atoms with E-state index in [4.69, 9.17) is 0 Å². The highest BCUT2D eigenvalue weighted by Crippen LogP contribution is 2.10. The molecule has 1 aromatic carbocycles. The van der Waals surface area contributed by atoms with Gasteiger partial charge in [-0.3, -0.25) is 9.89 Å². The summed E-state index contributed by atoms with van der Waals surface area (Å²) in [5.41, 5.74) is 0.453. The lowest BCUT2D eigenvalue weighted by Gasteiger charge is -1.98. The number of hydrogen-bond acceptors (Lipinski definition) is 4. The molecule has 0 unspecified atom stereocenters. The second-order valence-corrected chi connectivity index (χ2v) is 3.27. The van der Waals surface area contributed by atoms with E-state index in [0.29, 0.717) is 22.6 Å². The fourth-order valence-electron chi connectivity index (χ4n) is 1.52. The van der Waals surface area contributed by atoms with Crippen LogP contribution in [-0.2, 0) is 0 Å². The molecular formula is C10H7N5O. The van der Waals surface area contributed by atoms with E-state index in [1.165, 1.54) is 6.33 Å². The lowest BCUT2D eigenvalue weighted by Crippen LogP contribution is -2.09. The molecule has 0 aliphatic rings. The quantitative estimate of drug-likeness (QED) is 0.623. The molecule has 2 aromatic heterocycles. The number of para-hydroxylation sites is 1. The molecule has 6 heteroatoms. The first kappa shape index (κ1) is 8.78. The minimum atomic E-state index is -0.183. The largest absolute Gasteiger partial charge is 0.303 e. The van der Waals surface area contributed by atoms with Gasteiger partial charge in [-0.15, -0.1) is 0 Å². The molecule has 16 heavy (non-hydrogen) atoms. The predicted octanol–water partition coefficient (Wildman–Crippen LogP) is 0.708. The Balaban J connectivity index is 2.34. The minimum Gasteiger partial charge on any atom is -0.303 e. The Morgan fingerprint density at radius 2 is 2.00 bits per heavy atom. The van der Waals surface area contributed by atoms with Crippen molar-refractivity contribution in [3.05, 3.63) is 40.9 Å². The Labute approximate surface area is 89.4 Å². The Hall–Kier alpha value is -2.50. The van der Waals surface area contributed by atoms with E-state index in [2.05, 4.69) is 25.1 Å². The first-order valence-corrected chi connectivity index (χ1v) is 4.69. The monoisotopic (exact) mass is 213 g/mol. The van der Waals surface area contributed by atoms with Crippen molar-refractivity contribution in [2.24, 2.45) is 0 Å². The summed E-state index contributed by atoms with van der Waals surface area (Å²) in [5, 5.41) is 6.92. The van der Waals surface area contributed by atoms with Crippen LogP contribution in [-0.4, -0.2) is 25.1 Å². The zero-order chi connectivity index (χ0) is 11.0. The van der Waals surface area contributed by atoms with Gasteiger partial charge >= 0.3 is 0 Å². The van der Waals surface area contributed by atoms with Crippen LogP contribution in [0.2, 0.25) is 0 Å². The van der Waals surface area contributed by atoms with Crippen molar-refractivity contribution in [1.82, 2.24) is 25.1 Å². The number of nitrogens with zero attached hydrogens (tertiary/aromatic N) is 3. The van der Waals surface area contributed by atoms with Gasteiger partial charge in [0.2, 0.25) is 0 Å². The summed E-state index contributed by atoms with van der Waals surface area (Å²) in [7, 11) is 0. The van der Waals surface area contributed by atoms with Crippen molar-refractivity contribution in [3.63, 3.8) is 0 Å². The third-order valence-electron chi connectivity index (χ3n) is 2.25. The molecule has 0 saturated heterocycles. The van der Waals surface area contributed by atoms with E-state index in [-0.39, 0.29) is 5.56 Å². The first-order valence-electron chi connectivity index (χ1n) is 4.69. The van der Waals surface area contributed by atoms with Gasteiger partial charge in [-0.05, 0) is 12.1 Å². The van der Waals surface area contributed by atoms with Gasteiger partial charge in [0.15, 0.2) is 11.6 Å². The van der Waals surface area contributed by atoms with Gasteiger partial charge in [0, 0.05) is 0 Å². The van der Waals surface area contributed by atoms with Crippen LogP contribution in [0, 0.1) is 0 Å². The number of benzene rings is 1. The summed E-state index contributed by atoms with van der Waals surface area (Å²) in [6, 6.07) is 7.14. The topological polar surface area (TPSA) is 87.3 Å². The molecule has 0 saturated carbocycles. The Morgan fingerprint density at radius 3 is 2.81 bits per heavy atom. The molecule has 3 aromatic rings. The highest BCUT2D eigenvalue weighted by molar-refractivity contribution is 5.78. The van der Waals surface area contributed by atoms with E-state index in [9.17, 15) is 4.79 Å². The van der Waals surface area contributed by atoms with Gasteiger partial charge in [-0.25, -0.2) is 9.97 Å². The second kappa shape index (κ2) is 3.27. The van der Waals surface area contributed by atoms with Gasteiger partial charge in [-0.2, -0.15) is 5.10 Å². The van der Waals surface area contributed by atoms with Crippen molar-refractivity contribution in [2.75, 3.05) is 0 Å². The van der Waals surface area contributed by atoms with Crippen LogP contribution in [0.1, 0.15) is 0 Å². The molecule has 3 rings (SSSR count). The third-order valence-corrected chi connectivity index (χ3v) is 2.25. The van der Waals surface area contributed by atoms with Gasteiger partial charge in [0.1, 0.15) is 6.33 Å². The summed E-state index contributed by atoms with van der Waals surface area (Å²) in [5.74, 6) is 0.837. The minimum absolute atomic E-state index is 0.183. The standard InChI is InChI=1S/C10H7N5O/c16-10-6-3-1-2-4-7(6)13-9(14-10)8-11-5-12-15-8/h1-5H,(H,11,12,15)(H,13,14,16). The molecule has 0 bridgehead atoms. The molecule has 0 aliphatic heterocycles. The van der Waals surface area contributed by atoms with E-state index >= 15 is 0 Å². The average Bonchev–Trinajstić information content (AvgIpc) is 2.82. The van der Waals surface area contributed by atoms with Crippen LogP contribution in [0.5, 0.6) is 0 Å². The van der Waals surface area contributed by atoms with Crippen LogP contribution >= 0.6 is 0 Å². The molecule has 2 N–H and O–H groups in total. The molecule has 0 spiro atoms. The second-order valence-electron chi connectivity index (χ2n) is 3.27. The fraction of sp³-hybridized carbons (Fsp3) is 0. The number of H-pyrrole nitrogens is 2. The van der Waals surface area contributed by atoms with Crippen molar-refractivity contribution >= 4 is 10.9 Å². The number of aromatic amines is 2. The molecule has 0 radical (unpaired) electrons. The van der Waals surface area contributed by atoms with Gasteiger partial charge in [0.05, 0.1) is 10.9 Å². The Kier molecular flexibility index (Phi) is 1.79. The van der Waals surface area contributed by atoms with Crippen LogP contribution in [0.25, 0.3) is 22.6 Å². The maximum atomic E-state index is 11.7. The summed E-state index contributed by atoms with van der Waals surface area (Å²) < 4.78 is 0. The molecule has 0 atom stereocenters. The number of nitrogens with one attached hydrogen (secondary N) is 2. The predicted molar refractivity (Wildman–Crippen MR) is 57.7 cm³/mol. The van der Waals surface area contributed by atoms with Crippen molar-refractivity contribution in [1.29, 1.82) is 0 Å². The van der Waals surface area contributed by atoms with Crippen LogP contribution < -0.4 is 5.56 Å². The average molecular weight is 213 g/mol. The SMILES string of the molecule is O=c1[nH]c(-c2ncn[nH]2)nc2ccccc12. The van der Waals surface area contributed by atoms with Crippen LogP contribution in [0.15, 0.2) is 35.4 Å². The zero-order valence-electron chi connectivity index (χ0n) is 8.14. The van der Waals surface area contributed by atoms with Gasteiger partial charge in [-0.1, -0.05) is 12.1 Å². The normalized spacial score (nSPS) is 10.8. The highest BCUT2D eigenvalue weighted by atomic mass is 16.1. The number of hydrogen-bond donors (Lipinski definition) is 2. The molecule has 78 valence electrons. The lowest BCUT2D eigenvalue weighted by atomic mass is 10.2. The third kappa shape index (κ3) is 1.28. The lowest BCUT2D eigenvalue weighted by molar-refractivity contribution is 1.06. The number of rotatable bonds is 1. The van der Waals surface area contributed by atoms with Crippen LogP contribution in [0.4, 0.5) is 0 Å². The molecular weight excluding hydrogens is 206 g/mol. The van der Waals surface area contributed by atoms with Crippen molar-refractivity contribution in [2.45, 2.75) is 0 Å². The maximum Gasteiger partial charge on any atom is 0.259 e. The molecule has 0 aliphatic carbocycles. The smallest absolute Gasteiger partial charge is 0.259 e. The fourth-order valence-corrected chi connectivity index (χ4v) is 1.52. The number of fused-ring (bicyclic) bond motifs is 1. The summed E-state index contributed by atoms with van der Waals surface area (Å²) in [6.07, 6.45) is 1.37.